The Morgan fingerprint density at radius 3 is 2.60 bits per heavy atom. The van der Waals surface area contributed by atoms with Gasteiger partial charge in [-0.3, -0.25) is 4.79 Å². The molecule has 0 spiro atoms. The highest BCUT2D eigenvalue weighted by molar-refractivity contribution is 7.98. The molecule has 0 fully saturated rings. The predicted molar refractivity (Wildman–Crippen MR) is 84.5 cm³/mol. The van der Waals surface area contributed by atoms with Crippen LogP contribution in [0.3, 0.4) is 0 Å². The summed E-state index contributed by atoms with van der Waals surface area (Å²) in [6, 6.07) is 15.4. The lowest BCUT2D eigenvalue weighted by Crippen LogP contribution is -2.17. The second-order valence-electron chi connectivity index (χ2n) is 4.34. The van der Waals surface area contributed by atoms with Crippen LogP contribution in [0.15, 0.2) is 58.5 Å². The van der Waals surface area contributed by atoms with E-state index in [1.54, 1.807) is 24.0 Å². The summed E-state index contributed by atoms with van der Waals surface area (Å²) in [6.45, 7) is 1.95. The van der Waals surface area contributed by atoms with E-state index in [0.29, 0.717) is 5.56 Å². The summed E-state index contributed by atoms with van der Waals surface area (Å²) in [6.07, 6.45) is 3.67. The quantitative estimate of drug-likeness (QED) is 0.530. The van der Waals surface area contributed by atoms with E-state index >= 15 is 0 Å². The summed E-state index contributed by atoms with van der Waals surface area (Å²) in [4.78, 5) is 13.1. The number of hydrogen-bond donors (Lipinski definition) is 1. The third-order valence-electron chi connectivity index (χ3n) is 2.78. The van der Waals surface area contributed by atoms with Gasteiger partial charge in [-0.05, 0) is 43.0 Å². The molecule has 3 nitrogen and oxygen atoms in total. The van der Waals surface area contributed by atoms with Crippen molar-refractivity contribution < 1.29 is 4.79 Å². The van der Waals surface area contributed by atoms with Crippen LogP contribution in [0.1, 0.15) is 21.5 Å². The second-order valence-corrected chi connectivity index (χ2v) is 5.22. The summed E-state index contributed by atoms with van der Waals surface area (Å²) in [5, 5.41) is 3.97. The van der Waals surface area contributed by atoms with Gasteiger partial charge in [-0.25, -0.2) is 5.43 Å². The minimum atomic E-state index is -0.203. The van der Waals surface area contributed by atoms with Crippen LogP contribution >= 0.6 is 11.8 Å². The number of nitrogens with one attached hydrogen (secondary N) is 1. The van der Waals surface area contributed by atoms with Gasteiger partial charge in [0.05, 0.1) is 6.21 Å². The Labute approximate surface area is 123 Å². The molecule has 1 amide bonds. The summed E-state index contributed by atoms with van der Waals surface area (Å²) >= 11 is 1.69. The lowest BCUT2D eigenvalue weighted by molar-refractivity contribution is 0.0955. The van der Waals surface area contributed by atoms with Gasteiger partial charge >= 0.3 is 0 Å². The molecular formula is C16H16N2OS. The Bertz CT molecular complexity index is 621. The average molecular weight is 284 g/mol. The SMILES string of the molecule is CSc1ccc(C=NNC(=O)c2cccc(C)c2)cc1. The minimum absolute atomic E-state index is 0.203. The Balaban J connectivity index is 1.97. The molecule has 102 valence electrons. The molecule has 20 heavy (non-hydrogen) atoms. The maximum absolute atomic E-state index is 11.9. The molecule has 1 N–H and O–H groups in total. The predicted octanol–water partition coefficient (Wildman–Crippen LogP) is 3.48. The number of thioether (sulfide) groups is 1. The van der Waals surface area contributed by atoms with Crippen molar-refractivity contribution in [1.29, 1.82) is 0 Å². The molecule has 0 aliphatic rings. The molecule has 2 aromatic rings. The zero-order valence-electron chi connectivity index (χ0n) is 11.5. The van der Waals surface area contributed by atoms with Crippen molar-refractivity contribution in [1.82, 2.24) is 5.43 Å². The zero-order valence-corrected chi connectivity index (χ0v) is 12.3. The molecule has 0 radical (unpaired) electrons. The van der Waals surface area contributed by atoms with Gasteiger partial charge in [0.2, 0.25) is 0 Å². The molecule has 4 heteroatoms. The second kappa shape index (κ2) is 6.91. The molecule has 0 unspecified atom stereocenters. The van der Waals surface area contributed by atoms with Crippen molar-refractivity contribution in [3.05, 3.63) is 65.2 Å². The van der Waals surface area contributed by atoms with Crippen LogP contribution in [0, 0.1) is 6.92 Å². The molecule has 0 aliphatic carbocycles. The number of hydrazone groups is 1. The maximum atomic E-state index is 11.9. The van der Waals surface area contributed by atoms with E-state index < -0.39 is 0 Å². The van der Waals surface area contributed by atoms with Gasteiger partial charge in [0, 0.05) is 10.5 Å². The highest BCUT2D eigenvalue weighted by Crippen LogP contribution is 2.13. The van der Waals surface area contributed by atoms with Crippen molar-refractivity contribution in [2.75, 3.05) is 6.26 Å². The summed E-state index contributed by atoms with van der Waals surface area (Å²) < 4.78 is 0. The number of amides is 1. The largest absolute Gasteiger partial charge is 0.271 e. The molecule has 2 aromatic carbocycles. The summed E-state index contributed by atoms with van der Waals surface area (Å²) in [5.41, 5.74) is 5.14. The number of aryl methyl sites for hydroxylation is 1. The Hall–Kier alpha value is -2.07. The first-order valence-electron chi connectivity index (χ1n) is 6.23. The van der Waals surface area contributed by atoms with E-state index in [9.17, 15) is 4.79 Å². The molecule has 0 atom stereocenters. The highest BCUT2D eigenvalue weighted by Gasteiger charge is 2.02. The van der Waals surface area contributed by atoms with Crippen molar-refractivity contribution in [2.45, 2.75) is 11.8 Å². The number of hydrogen-bond acceptors (Lipinski definition) is 3. The molecule has 0 aromatic heterocycles. The van der Waals surface area contributed by atoms with Gasteiger partial charge in [-0.1, -0.05) is 29.8 Å². The van der Waals surface area contributed by atoms with E-state index in [-0.39, 0.29) is 5.91 Å². The fourth-order valence-corrected chi connectivity index (χ4v) is 2.11. The van der Waals surface area contributed by atoms with Crippen LogP contribution in [0.5, 0.6) is 0 Å². The van der Waals surface area contributed by atoms with Crippen molar-refractivity contribution in [3.8, 4) is 0 Å². The maximum Gasteiger partial charge on any atom is 0.271 e. The molecule has 0 heterocycles. The molecular weight excluding hydrogens is 268 g/mol. The van der Waals surface area contributed by atoms with Crippen molar-refractivity contribution >= 4 is 23.9 Å². The Morgan fingerprint density at radius 2 is 1.95 bits per heavy atom. The fourth-order valence-electron chi connectivity index (χ4n) is 1.71. The van der Waals surface area contributed by atoms with Gasteiger partial charge in [0.25, 0.3) is 5.91 Å². The van der Waals surface area contributed by atoms with Gasteiger partial charge in [0.1, 0.15) is 0 Å². The summed E-state index contributed by atoms with van der Waals surface area (Å²) in [7, 11) is 0. The normalized spacial score (nSPS) is 10.7. The zero-order chi connectivity index (χ0) is 14.4. The Kier molecular flexibility index (Phi) is 4.96. The number of rotatable bonds is 4. The van der Waals surface area contributed by atoms with Gasteiger partial charge in [-0.15, -0.1) is 11.8 Å². The third-order valence-corrected chi connectivity index (χ3v) is 3.52. The monoisotopic (exact) mass is 284 g/mol. The lowest BCUT2D eigenvalue weighted by atomic mass is 10.1. The number of carbonyl (C=O) groups is 1. The van der Waals surface area contributed by atoms with Gasteiger partial charge in [-0.2, -0.15) is 5.10 Å². The molecule has 0 bridgehead atoms. The summed E-state index contributed by atoms with van der Waals surface area (Å²) in [5.74, 6) is -0.203. The number of benzene rings is 2. The van der Waals surface area contributed by atoms with Crippen molar-refractivity contribution in [3.63, 3.8) is 0 Å². The first-order chi connectivity index (χ1) is 9.69. The molecule has 2 rings (SSSR count). The minimum Gasteiger partial charge on any atom is -0.267 e. The molecule has 0 saturated heterocycles. The molecule has 0 saturated carbocycles. The van der Waals surface area contributed by atoms with Crippen LogP contribution < -0.4 is 5.43 Å². The third kappa shape index (κ3) is 3.96. The van der Waals surface area contributed by atoms with Crippen LogP contribution in [0.4, 0.5) is 0 Å². The van der Waals surface area contributed by atoms with E-state index in [2.05, 4.69) is 10.5 Å². The molecule has 0 aliphatic heterocycles. The topological polar surface area (TPSA) is 41.5 Å². The Morgan fingerprint density at radius 1 is 1.20 bits per heavy atom. The standard InChI is InChI=1S/C16H16N2OS/c1-12-4-3-5-14(10-12)16(19)18-17-11-13-6-8-15(20-2)9-7-13/h3-11H,1-2H3,(H,18,19). The van der Waals surface area contributed by atoms with Crippen LogP contribution in [-0.2, 0) is 0 Å². The van der Waals surface area contributed by atoms with Crippen LogP contribution in [0.25, 0.3) is 0 Å². The average Bonchev–Trinajstić information content (AvgIpc) is 2.48. The lowest BCUT2D eigenvalue weighted by Gasteiger charge is -2.01. The van der Waals surface area contributed by atoms with E-state index in [1.807, 2.05) is 55.6 Å². The number of carbonyl (C=O) groups excluding carboxylic acids is 1. The van der Waals surface area contributed by atoms with Crippen molar-refractivity contribution in [2.24, 2.45) is 5.10 Å². The van der Waals surface area contributed by atoms with E-state index in [1.165, 1.54) is 4.90 Å². The van der Waals surface area contributed by atoms with Crippen LogP contribution in [0.2, 0.25) is 0 Å². The first kappa shape index (κ1) is 14.3. The van der Waals surface area contributed by atoms with Crippen LogP contribution in [-0.4, -0.2) is 18.4 Å². The number of nitrogens with zero attached hydrogens (tertiary/aromatic N) is 1. The highest BCUT2D eigenvalue weighted by atomic mass is 32.2. The van der Waals surface area contributed by atoms with Gasteiger partial charge < -0.3 is 0 Å². The smallest absolute Gasteiger partial charge is 0.267 e. The van der Waals surface area contributed by atoms with Gasteiger partial charge in [0.15, 0.2) is 0 Å². The first-order valence-corrected chi connectivity index (χ1v) is 7.45. The van der Waals surface area contributed by atoms with E-state index in [0.717, 1.165) is 11.1 Å². The fraction of sp³-hybridized carbons (Fsp3) is 0.125. The van der Waals surface area contributed by atoms with E-state index in [4.69, 9.17) is 0 Å².